The first-order valence-electron chi connectivity index (χ1n) is 6.12. The lowest BCUT2D eigenvalue weighted by Crippen LogP contribution is -2.35. The van der Waals surface area contributed by atoms with Gasteiger partial charge in [-0.25, -0.2) is 8.42 Å². The molecule has 0 radical (unpaired) electrons. The minimum Gasteiger partial charge on any atom is -0.296 e. The smallest absolute Gasteiger partial charge is 0.236 e. The summed E-state index contributed by atoms with van der Waals surface area (Å²) in [5, 5.41) is 0. The SMILES string of the molecule is CC(C)N1CCc2cc(CS(=O)(=O)Cl)ccc2C1. The average molecular weight is 288 g/mol. The van der Waals surface area contributed by atoms with Crippen molar-refractivity contribution < 1.29 is 8.42 Å². The zero-order valence-electron chi connectivity index (χ0n) is 10.7. The lowest BCUT2D eigenvalue weighted by Gasteiger charge is -2.32. The van der Waals surface area contributed by atoms with Crippen LogP contribution in [0.1, 0.15) is 30.5 Å². The summed E-state index contributed by atoms with van der Waals surface area (Å²) >= 11 is 0. The van der Waals surface area contributed by atoms with Gasteiger partial charge in [0, 0.05) is 29.8 Å². The minimum absolute atomic E-state index is 0.0876. The summed E-state index contributed by atoms with van der Waals surface area (Å²) < 4.78 is 22.1. The van der Waals surface area contributed by atoms with Crippen LogP contribution >= 0.6 is 10.7 Å². The summed E-state index contributed by atoms with van der Waals surface area (Å²) in [6.45, 7) is 6.36. The predicted octanol–water partition coefficient (Wildman–Crippen LogP) is 2.52. The molecule has 0 saturated carbocycles. The maximum atomic E-state index is 11.1. The van der Waals surface area contributed by atoms with Crippen LogP contribution in [0.5, 0.6) is 0 Å². The highest BCUT2D eigenvalue weighted by atomic mass is 35.7. The summed E-state index contributed by atoms with van der Waals surface area (Å²) in [5.74, 6) is -0.0876. The highest BCUT2D eigenvalue weighted by Gasteiger charge is 2.19. The van der Waals surface area contributed by atoms with Gasteiger partial charge in [0.15, 0.2) is 0 Å². The highest BCUT2D eigenvalue weighted by molar-refractivity contribution is 8.13. The molecule has 3 nitrogen and oxygen atoms in total. The van der Waals surface area contributed by atoms with Crippen LogP contribution in [-0.4, -0.2) is 25.9 Å². The van der Waals surface area contributed by atoms with Gasteiger partial charge in [0.25, 0.3) is 0 Å². The zero-order valence-corrected chi connectivity index (χ0v) is 12.3. The monoisotopic (exact) mass is 287 g/mol. The van der Waals surface area contributed by atoms with Gasteiger partial charge >= 0.3 is 0 Å². The number of rotatable bonds is 3. The van der Waals surface area contributed by atoms with Crippen molar-refractivity contribution in [1.82, 2.24) is 4.90 Å². The molecule has 1 aromatic rings. The van der Waals surface area contributed by atoms with Crippen LogP contribution in [0.4, 0.5) is 0 Å². The Labute approximate surface area is 113 Å². The lowest BCUT2D eigenvalue weighted by molar-refractivity contribution is 0.203. The van der Waals surface area contributed by atoms with Crippen molar-refractivity contribution in [3.63, 3.8) is 0 Å². The molecule has 0 N–H and O–H groups in total. The molecule has 0 amide bonds. The summed E-state index contributed by atoms with van der Waals surface area (Å²) in [6.07, 6.45) is 0.976. The fraction of sp³-hybridized carbons (Fsp3) is 0.538. The molecule has 2 rings (SSSR count). The van der Waals surface area contributed by atoms with Gasteiger partial charge in [-0.2, -0.15) is 0 Å². The molecule has 1 aliphatic rings. The Hall–Kier alpha value is -0.580. The van der Waals surface area contributed by atoms with Crippen molar-refractivity contribution in [3.05, 3.63) is 34.9 Å². The summed E-state index contributed by atoms with van der Waals surface area (Å²) in [7, 11) is 1.81. The molecule has 5 heteroatoms. The van der Waals surface area contributed by atoms with Crippen LogP contribution in [0.25, 0.3) is 0 Å². The molecule has 1 aromatic carbocycles. The molecule has 1 aliphatic heterocycles. The number of fused-ring (bicyclic) bond motifs is 1. The van der Waals surface area contributed by atoms with Gasteiger partial charge in [-0.05, 0) is 37.0 Å². The van der Waals surface area contributed by atoms with Crippen LogP contribution in [-0.2, 0) is 27.8 Å². The Balaban J connectivity index is 2.20. The fourth-order valence-corrected chi connectivity index (χ4v) is 3.31. The normalized spacial score (nSPS) is 16.9. The molecule has 0 aliphatic carbocycles. The lowest BCUT2D eigenvalue weighted by atomic mass is 9.97. The van der Waals surface area contributed by atoms with Gasteiger partial charge < -0.3 is 0 Å². The van der Waals surface area contributed by atoms with Gasteiger partial charge in [0.05, 0.1) is 5.75 Å². The van der Waals surface area contributed by atoms with Crippen molar-refractivity contribution in [2.45, 2.75) is 38.6 Å². The molecular weight excluding hydrogens is 270 g/mol. The molecular formula is C13H18ClNO2S. The first-order valence-corrected chi connectivity index (χ1v) is 8.60. The van der Waals surface area contributed by atoms with Crippen LogP contribution < -0.4 is 0 Å². The van der Waals surface area contributed by atoms with E-state index in [0.29, 0.717) is 6.04 Å². The number of hydrogen-bond donors (Lipinski definition) is 0. The third-order valence-electron chi connectivity index (χ3n) is 3.38. The van der Waals surface area contributed by atoms with Crippen molar-refractivity contribution in [1.29, 1.82) is 0 Å². The molecule has 0 spiro atoms. The molecule has 18 heavy (non-hydrogen) atoms. The highest BCUT2D eigenvalue weighted by Crippen LogP contribution is 2.23. The maximum absolute atomic E-state index is 11.1. The molecule has 1 heterocycles. The van der Waals surface area contributed by atoms with Crippen LogP contribution in [0.2, 0.25) is 0 Å². The molecule has 100 valence electrons. The maximum Gasteiger partial charge on any atom is 0.236 e. The topological polar surface area (TPSA) is 37.4 Å². The largest absolute Gasteiger partial charge is 0.296 e. The van der Waals surface area contributed by atoms with E-state index in [1.165, 1.54) is 11.1 Å². The van der Waals surface area contributed by atoms with Gasteiger partial charge in [0.2, 0.25) is 9.05 Å². The van der Waals surface area contributed by atoms with Gasteiger partial charge in [-0.3, -0.25) is 4.90 Å². The van der Waals surface area contributed by atoms with E-state index < -0.39 is 9.05 Å². The molecule has 0 saturated heterocycles. The fourth-order valence-electron chi connectivity index (χ4n) is 2.36. The van der Waals surface area contributed by atoms with Crippen molar-refractivity contribution in [2.75, 3.05) is 6.54 Å². The summed E-state index contributed by atoms with van der Waals surface area (Å²) in [5.41, 5.74) is 3.33. The number of halogens is 1. The van der Waals surface area contributed by atoms with Crippen molar-refractivity contribution in [3.8, 4) is 0 Å². The number of benzene rings is 1. The number of nitrogens with zero attached hydrogens (tertiary/aromatic N) is 1. The second-order valence-electron chi connectivity index (χ2n) is 5.10. The van der Waals surface area contributed by atoms with E-state index >= 15 is 0 Å². The van der Waals surface area contributed by atoms with Crippen molar-refractivity contribution >= 4 is 19.7 Å². The second kappa shape index (κ2) is 5.19. The third kappa shape index (κ3) is 3.46. The second-order valence-corrected chi connectivity index (χ2v) is 7.88. The van der Waals surface area contributed by atoms with E-state index in [2.05, 4.69) is 18.7 Å². The van der Waals surface area contributed by atoms with Crippen molar-refractivity contribution in [2.24, 2.45) is 0 Å². The molecule has 0 aromatic heterocycles. The van der Waals surface area contributed by atoms with E-state index in [1.54, 1.807) is 0 Å². The minimum atomic E-state index is -3.47. The summed E-state index contributed by atoms with van der Waals surface area (Å²) in [6, 6.07) is 6.41. The summed E-state index contributed by atoms with van der Waals surface area (Å²) in [4.78, 5) is 2.42. The third-order valence-corrected chi connectivity index (χ3v) is 4.39. The Morgan fingerprint density at radius 1 is 1.33 bits per heavy atom. The Morgan fingerprint density at radius 2 is 2.06 bits per heavy atom. The van der Waals surface area contributed by atoms with Gasteiger partial charge in [-0.15, -0.1) is 0 Å². The van der Waals surface area contributed by atoms with Gasteiger partial charge in [-0.1, -0.05) is 18.2 Å². The van der Waals surface area contributed by atoms with E-state index in [-0.39, 0.29) is 5.75 Å². The molecule has 0 bridgehead atoms. The molecule has 0 unspecified atom stereocenters. The van der Waals surface area contributed by atoms with Crippen LogP contribution in [0.15, 0.2) is 18.2 Å². The zero-order chi connectivity index (χ0) is 13.3. The Bertz CT molecular complexity index is 540. The quantitative estimate of drug-likeness (QED) is 0.802. The predicted molar refractivity (Wildman–Crippen MR) is 74.2 cm³/mol. The van der Waals surface area contributed by atoms with Crippen LogP contribution in [0, 0.1) is 0 Å². The van der Waals surface area contributed by atoms with E-state index in [4.69, 9.17) is 10.7 Å². The standard InChI is InChI=1S/C13H18ClNO2S/c1-10(2)15-6-5-12-7-11(9-18(14,16)17)3-4-13(12)8-15/h3-4,7,10H,5-6,8-9H2,1-2H3. The first-order chi connectivity index (χ1) is 8.35. The Kier molecular flexibility index (Phi) is 3.99. The van der Waals surface area contributed by atoms with E-state index in [1.807, 2.05) is 18.2 Å². The number of hydrogen-bond acceptors (Lipinski definition) is 3. The molecule has 0 atom stereocenters. The van der Waals surface area contributed by atoms with E-state index in [9.17, 15) is 8.42 Å². The van der Waals surface area contributed by atoms with Gasteiger partial charge in [0.1, 0.15) is 0 Å². The Morgan fingerprint density at radius 3 is 2.67 bits per heavy atom. The molecule has 0 fully saturated rings. The van der Waals surface area contributed by atoms with Crippen LogP contribution in [0.3, 0.4) is 0 Å². The first kappa shape index (κ1) is 13.8. The average Bonchev–Trinajstić information content (AvgIpc) is 2.26. The van der Waals surface area contributed by atoms with E-state index in [0.717, 1.165) is 25.1 Å².